The summed E-state index contributed by atoms with van der Waals surface area (Å²) in [5.74, 6) is 1.46. The minimum atomic E-state index is 0.273. The number of rotatable bonds is 7. The Kier molecular flexibility index (Phi) is 5.19. The van der Waals surface area contributed by atoms with Gasteiger partial charge in [-0.25, -0.2) is 9.97 Å². The monoisotopic (exact) mass is 237 g/mol. The first-order valence-corrected chi connectivity index (χ1v) is 6.26. The van der Waals surface area contributed by atoms with E-state index >= 15 is 0 Å². The molecular formula is C13H23N3O. The van der Waals surface area contributed by atoms with Crippen LogP contribution in [-0.2, 0) is 0 Å². The van der Waals surface area contributed by atoms with Crippen molar-refractivity contribution >= 4 is 5.82 Å². The van der Waals surface area contributed by atoms with Crippen LogP contribution in [0.4, 0.5) is 5.82 Å². The number of hydrogen-bond acceptors (Lipinski definition) is 4. The van der Waals surface area contributed by atoms with Crippen LogP contribution < -0.4 is 10.1 Å². The molecule has 1 N–H and O–H groups in total. The van der Waals surface area contributed by atoms with Gasteiger partial charge in [0, 0.05) is 12.6 Å². The van der Waals surface area contributed by atoms with Gasteiger partial charge in [0.1, 0.15) is 12.1 Å². The van der Waals surface area contributed by atoms with E-state index < -0.39 is 0 Å². The zero-order valence-corrected chi connectivity index (χ0v) is 11.3. The predicted molar refractivity (Wildman–Crippen MR) is 70.4 cm³/mol. The van der Waals surface area contributed by atoms with Gasteiger partial charge < -0.3 is 10.1 Å². The molecular weight excluding hydrogens is 214 g/mol. The summed E-state index contributed by atoms with van der Waals surface area (Å²) in [6, 6.07) is 1.85. The molecule has 0 saturated carbocycles. The van der Waals surface area contributed by atoms with E-state index in [4.69, 9.17) is 4.74 Å². The van der Waals surface area contributed by atoms with Crippen LogP contribution in [0, 0.1) is 5.41 Å². The van der Waals surface area contributed by atoms with Gasteiger partial charge in [0.25, 0.3) is 0 Å². The summed E-state index contributed by atoms with van der Waals surface area (Å²) in [6.45, 7) is 10.3. The summed E-state index contributed by atoms with van der Waals surface area (Å²) in [5, 5.41) is 3.32. The number of nitrogens with zero attached hydrogens (tertiary/aromatic N) is 2. The molecule has 1 aromatic rings. The Balaban J connectivity index is 2.53. The highest BCUT2D eigenvalue weighted by molar-refractivity contribution is 5.37. The number of anilines is 1. The van der Waals surface area contributed by atoms with Crippen molar-refractivity contribution in [3.63, 3.8) is 0 Å². The van der Waals surface area contributed by atoms with Crippen molar-refractivity contribution < 1.29 is 4.74 Å². The molecule has 0 spiro atoms. The highest BCUT2D eigenvalue weighted by Gasteiger charge is 2.14. The largest absolute Gasteiger partial charge is 0.478 e. The minimum Gasteiger partial charge on any atom is -0.478 e. The predicted octanol–water partition coefficient (Wildman–Crippen LogP) is 3.11. The van der Waals surface area contributed by atoms with Gasteiger partial charge in [0.2, 0.25) is 5.88 Å². The zero-order chi connectivity index (χ0) is 12.7. The molecule has 0 aromatic carbocycles. The van der Waals surface area contributed by atoms with Gasteiger partial charge in [-0.1, -0.05) is 27.7 Å². The summed E-state index contributed by atoms with van der Waals surface area (Å²) < 4.78 is 5.46. The van der Waals surface area contributed by atoms with E-state index in [-0.39, 0.29) is 5.41 Å². The van der Waals surface area contributed by atoms with Crippen molar-refractivity contribution in [3.8, 4) is 5.88 Å². The van der Waals surface area contributed by atoms with Crippen LogP contribution in [0.25, 0.3) is 0 Å². The lowest BCUT2D eigenvalue weighted by molar-refractivity contribution is 0.304. The summed E-state index contributed by atoms with van der Waals surface area (Å²) in [5.41, 5.74) is 0.273. The van der Waals surface area contributed by atoms with Gasteiger partial charge in [-0.05, 0) is 18.3 Å². The van der Waals surface area contributed by atoms with Gasteiger partial charge >= 0.3 is 0 Å². The van der Waals surface area contributed by atoms with Gasteiger partial charge in [-0.15, -0.1) is 0 Å². The molecule has 0 atom stereocenters. The van der Waals surface area contributed by atoms with Crippen LogP contribution in [0.5, 0.6) is 5.88 Å². The average Bonchev–Trinajstić information content (AvgIpc) is 2.35. The van der Waals surface area contributed by atoms with Crippen molar-refractivity contribution in [1.82, 2.24) is 9.97 Å². The second-order valence-electron chi connectivity index (χ2n) is 4.96. The van der Waals surface area contributed by atoms with Gasteiger partial charge in [-0.3, -0.25) is 0 Å². The molecule has 0 aliphatic carbocycles. The van der Waals surface area contributed by atoms with Crippen molar-refractivity contribution in [2.75, 3.05) is 18.5 Å². The molecule has 0 radical (unpaired) electrons. The fourth-order valence-corrected chi connectivity index (χ4v) is 1.18. The van der Waals surface area contributed by atoms with Crippen LogP contribution in [0.1, 0.15) is 40.5 Å². The topological polar surface area (TPSA) is 47.0 Å². The van der Waals surface area contributed by atoms with E-state index in [0.717, 1.165) is 25.2 Å². The Labute approximate surface area is 104 Å². The van der Waals surface area contributed by atoms with E-state index in [9.17, 15) is 0 Å². The summed E-state index contributed by atoms with van der Waals surface area (Å²) in [7, 11) is 0. The lowest BCUT2D eigenvalue weighted by atomic mass is 9.90. The average molecular weight is 237 g/mol. The van der Waals surface area contributed by atoms with Crippen LogP contribution in [0.15, 0.2) is 12.4 Å². The summed E-state index contributed by atoms with van der Waals surface area (Å²) >= 11 is 0. The Morgan fingerprint density at radius 2 is 2.06 bits per heavy atom. The van der Waals surface area contributed by atoms with Crippen LogP contribution in [-0.4, -0.2) is 23.1 Å². The van der Waals surface area contributed by atoms with E-state index in [1.165, 1.54) is 6.33 Å². The fraction of sp³-hybridized carbons (Fsp3) is 0.692. The second kappa shape index (κ2) is 6.42. The number of aromatic nitrogens is 2. The minimum absolute atomic E-state index is 0.273. The van der Waals surface area contributed by atoms with Crippen molar-refractivity contribution in [2.24, 2.45) is 5.41 Å². The van der Waals surface area contributed by atoms with Crippen LogP contribution >= 0.6 is 0 Å². The molecule has 0 amide bonds. The Morgan fingerprint density at radius 1 is 1.29 bits per heavy atom. The lowest BCUT2D eigenvalue weighted by Gasteiger charge is -2.23. The second-order valence-corrected chi connectivity index (χ2v) is 4.96. The highest BCUT2D eigenvalue weighted by atomic mass is 16.5. The van der Waals surface area contributed by atoms with Gasteiger partial charge in [0.15, 0.2) is 0 Å². The molecule has 1 aromatic heterocycles. The third-order valence-electron chi connectivity index (χ3n) is 2.80. The first kappa shape index (κ1) is 13.7. The standard InChI is InChI=1S/C13H23N3O/c1-5-7-17-12-8-11(15-10-16-12)14-9-13(3,4)6-2/h8,10H,5-7,9H2,1-4H3,(H,14,15,16). The third-order valence-corrected chi connectivity index (χ3v) is 2.80. The molecule has 1 heterocycles. The van der Waals surface area contributed by atoms with Crippen molar-refractivity contribution in [1.29, 1.82) is 0 Å². The maximum absolute atomic E-state index is 5.46. The normalized spacial score (nSPS) is 11.3. The maximum atomic E-state index is 5.46. The molecule has 4 nitrogen and oxygen atoms in total. The molecule has 0 fully saturated rings. The molecule has 96 valence electrons. The molecule has 0 aliphatic heterocycles. The Bertz CT molecular complexity index is 339. The highest BCUT2D eigenvalue weighted by Crippen LogP contribution is 2.20. The Morgan fingerprint density at radius 3 is 2.71 bits per heavy atom. The molecule has 0 saturated heterocycles. The quantitative estimate of drug-likeness (QED) is 0.791. The number of hydrogen-bond donors (Lipinski definition) is 1. The molecule has 4 heteroatoms. The SMILES string of the molecule is CCCOc1cc(NCC(C)(C)CC)ncn1. The van der Waals surface area contributed by atoms with Crippen molar-refractivity contribution in [2.45, 2.75) is 40.5 Å². The molecule has 1 rings (SSSR count). The maximum Gasteiger partial charge on any atom is 0.218 e. The lowest BCUT2D eigenvalue weighted by Crippen LogP contribution is -2.22. The Hall–Kier alpha value is -1.32. The molecule has 0 aliphatic rings. The van der Waals surface area contributed by atoms with Crippen LogP contribution in [0.3, 0.4) is 0 Å². The molecule has 0 unspecified atom stereocenters. The van der Waals surface area contributed by atoms with E-state index in [1.807, 2.05) is 6.07 Å². The van der Waals surface area contributed by atoms with Crippen LogP contribution in [0.2, 0.25) is 0 Å². The van der Waals surface area contributed by atoms with Crippen molar-refractivity contribution in [3.05, 3.63) is 12.4 Å². The fourth-order valence-electron chi connectivity index (χ4n) is 1.18. The molecule has 17 heavy (non-hydrogen) atoms. The van der Waals surface area contributed by atoms with E-state index in [0.29, 0.717) is 12.5 Å². The first-order valence-electron chi connectivity index (χ1n) is 6.26. The third kappa shape index (κ3) is 5.02. The summed E-state index contributed by atoms with van der Waals surface area (Å²) in [6.07, 6.45) is 3.65. The van der Waals surface area contributed by atoms with Gasteiger partial charge in [0.05, 0.1) is 6.61 Å². The number of ether oxygens (including phenoxy) is 1. The first-order chi connectivity index (χ1) is 8.07. The van der Waals surface area contributed by atoms with Gasteiger partial charge in [-0.2, -0.15) is 0 Å². The smallest absolute Gasteiger partial charge is 0.218 e. The molecule has 0 bridgehead atoms. The number of nitrogens with one attached hydrogen (secondary N) is 1. The van der Waals surface area contributed by atoms with E-state index in [1.54, 1.807) is 0 Å². The zero-order valence-electron chi connectivity index (χ0n) is 11.3. The summed E-state index contributed by atoms with van der Waals surface area (Å²) in [4.78, 5) is 8.25. The van der Waals surface area contributed by atoms with E-state index in [2.05, 4.69) is 43.0 Å².